The average Bonchev–Trinajstić information content (AvgIpc) is 3.42. The summed E-state index contributed by atoms with van der Waals surface area (Å²) >= 11 is 0. The van der Waals surface area contributed by atoms with Gasteiger partial charge in [-0.05, 0) is 42.2 Å². The molecule has 5 rings (SSSR count). The van der Waals surface area contributed by atoms with E-state index in [1.165, 1.54) is 11.1 Å². The molecule has 7 heteroatoms. The highest BCUT2D eigenvalue weighted by atomic mass is 16.4. The Morgan fingerprint density at radius 2 is 1.81 bits per heavy atom. The summed E-state index contributed by atoms with van der Waals surface area (Å²) in [5, 5.41) is 10.1. The van der Waals surface area contributed by atoms with Crippen LogP contribution in [0.2, 0.25) is 0 Å². The van der Waals surface area contributed by atoms with Gasteiger partial charge >= 0.3 is 5.97 Å². The van der Waals surface area contributed by atoms with Crippen molar-refractivity contribution in [3.63, 3.8) is 0 Å². The predicted octanol–water partition coefficient (Wildman–Crippen LogP) is 3.40. The second-order valence-electron chi connectivity index (χ2n) is 8.57. The van der Waals surface area contributed by atoms with E-state index in [1.807, 2.05) is 23.1 Å². The summed E-state index contributed by atoms with van der Waals surface area (Å²) in [6.07, 6.45) is 1.92. The van der Waals surface area contributed by atoms with Gasteiger partial charge in [0.05, 0.1) is 5.69 Å². The molecular formula is C25H27N3O4. The molecule has 0 atom stereocenters. The van der Waals surface area contributed by atoms with Crippen molar-refractivity contribution in [2.24, 2.45) is 0 Å². The van der Waals surface area contributed by atoms with E-state index in [2.05, 4.69) is 28.0 Å². The molecule has 0 saturated carbocycles. The van der Waals surface area contributed by atoms with Crippen LogP contribution in [0.15, 0.2) is 46.9 Å². The lowest BCUT2D eigenvalue weighted by molar-refractivity contribution is -0.116. The maximum atomic E-state index is 11.7. The Kier molecular flexibility index (Phi) is 5.35. The summed E-state index contributed by atoms with van der Waals surface area (Å²) in [6.45, 7) is 7.06. The molecule has 3 aromatic rings. The van der Waals surface area contributed by atoms with E-state index in [1.54, 1.807) is 13.0 Å². The lowest BCUT2D eigenvalue weighted by atomic mass is 10.1. The molecule has 3 heterocycles. The van der Waals surface area contributed by atoms with E-state index in [-0.39, 0.29) is 11.7 Å². The number of piperazine rings is 1. The average molecular weight is 434 g/mol. The number of anilines is 2. The number of benzene rings is 2. The summed E-state index contributed by atoms with van der Waals surface area (Å²) in [5.41, 5.74) is 5.26. The first-order valence-corrected chi connectivity index (χ1v) is 11.1. The number of aromatic carboxylic acids is 1. The minimum absolute atomic E-state index is 0.0214. The fourth-order valence-electron chi connectivity index (χ4n) is 4.84. The van der Waals surface area contributed by atoms with Crippen molar-refractivity contribution in [2.45, 2.75) is 19.8 Å². The molecule has 0 radical (unpaired) electrons. The monoisotopic (exact) mass is 433 g/mol. The number of fused-ring (bicyclic) bond motifs is 2. The number of hydrogen-bond acceptors (Lipinski definition) is 5. The number of carboxylic acid groups (broad SMARTS) is 1. The van der Waals surface area contributed by atoms with E-state index in [9.17, 15) is 14.7 Å². The van der Waals surface area contributed by atoms with E-state index in [0.29, 0.717) is 5.58 Å². The van der Waals surface area contributed by atoms with Gasteiger partial charge in [-0.1, -0.05) is 24.3 Å². The summed E-state index contributed by atoms with van der Waals surface area (Å²) in [4.78, 5) is 29.6. The first-order chi connectivity index (χ1) is 15.5. The summed E-state index contributed by atoms with van der Waals surface area (Å²) in [6, 6.07) is 13.9. The second kappa shape index (κ2) is 8.31. The molecule has 32 heavy (non-hydrogen) atoms. The lowest BCUT2D eigenvalue weighted by Crippen LogP contribution is -2.47. The summed E-state index contributed by atoms with van der Waals surface area (Å²) in [5.74, 6) is -0.955. The maximum absolute atomic E-state index is 11.7. The fourth-order valence-corrected chi connectivity index (χ4v) is 4.84. The van der Waals surface area contributed by atoms with Crippen molar-refractivity contribution in [1.29, 1.82) is 0 Å². The van der Waals surface area contributed by atoms with Crippen molar-refractivity contribution in [3.8, 4) is 0 Å². The van der Waals surface area contributed by atoms with Crippen LogP contribution in [-0.4, -0.2) is 61.2 Å². The third-order valence-electron chi connectivity index (χ3n) is 6.58. The van der Waals surface area contributed by atoms with Crippen molar-refractivity contribution >= 4 is 34.2 Å². The standard InChI is InChI=1S/C25H27N3O4/c1-17(29)28-10-8-19-15-18(5-6-21(19)28)7-9-26-11-13-27(14-12-26)22-4-2-3-20-16-23(25(30)31)32-24(20)22/h2-6,15-16H,7-14H2,1H3,(H,30,31). The van der Waals surface area contributed by atoms with E-state index in [4.69, 9.17) is 4.42 Å². The molecule has 7 nitrogen and oxygen atoms in total. The normalized spacial score (nSPS) is 16.5. The van der Waals surface area contributed by atoms with Crippen molar-refractivity contribution in [3.05, 3.63) is 59.4 Å². The van der Waals surface area contributed by atoms with Gasteiger partial charge in [-0.2, -0.15) is 0 Å². The number of carbonyl (C=O) groups excluding carboxylic acids is 1. The van der Waals surface area contributed by atoms with Crippen LogP contribution in [0, 0.1) is 0 Å². The van der Waals surface area contributed by atoms with Gasteiger partial charge in [0.15, 0.2) is 5.58 Å². The highest BCUT2D eigenvalue weighted by molar-refractivity contribution is 5.96. The molecule has 166 valence electrons. The van der Waals surface area contributed by atoms with Crippen molar-refractivity contribution in [1.82, 2.24) is 4.90 Å². The highest BCUT2D eigenvalue weighted by Gasteiger charge is 2.23. The van der Waals surface area contributed by atoms with Gasteiger partial charge in [0.1, 0.15) is 0 Å². The molecule has 0 aliphatic carbocycles. The Balaban J connectivity index is 1.20. The van der Waals surface area contributed by atoms with Gasteiger partial charge in [-0.15, -0.1) is 0 Å². The topological polar surface area (TPSA) is 77.2 Å². The zero-order chi connectivity index (χ0) is 22.2. The van der Waals surface area contributed by atoms with Crippen LogP contribution in [0.3, 0.4) is 0 Å². The highest BCUT2D eigenvalue weighted by Crippen LogP contribution is 2.31. The number of para-hydroxylation sites is 1. The zero-order valence-electron chi connectivity index (χ0n) is 18.2. The Labute approximate surface area is 186 Å². The fraction of sp³-hybridized carbons (Fsp3) is 0.360. The molecule has 0 spiro atoms. The number of rotatable bonds is 5. The van der Waals surface area contributed by atoms with Crippen molar-refractivity contribution < 1.29 is 19.1 Å². The Morgan fingerprint density at radius 1 is 1.00 bits per heavy atom. The minimum atomic E-state index is -1.04. The van der Waals surface area contributed by atoms with E-state index in [0.717, 1.165) is 68.9 Å². The number of hydrogen-bond donors (Lipinski definition) is 1. The number of carboxylic acids is 1. The van der Waals surface area contributed by atoms with Crippen LogP contribution in [0.5, 0.6) is 0 Å². The minimum Gasteiger partial charge on any atom is -0.475 e. The largest absolute Gasteiger partial charge is 0.475 e. The Hall–Kier alpha value is -3.32. The van der Waals surface area contributed by atoms with Crippen LogP contribution < -0.4 is 9.80 Å². The van der Waals surface area contributed by atoms with Crippen LogP contribution in [0.1, 0.15) is 28.6 Å². The maximum Gasteiger partial charge on any atom is 0.371 e. The molecule has 2 aliphatic rings. The summed E-state index contributed by atoms with van der Waals surface area (Å²) < 4.78 is 5.63. The molecule has 0 bridgehead atoms. The first kappa shape index (κ1) is 20.6. The van der Waals surface area contributed by atoms with Crippen molar-refractivity contribution in [2.75, 3.05) is 49.1 Å². The van der Waals surface area contributed by atoms with Gasteiger partial charge in [0.2, 0.25) is 11.7 Å². The molecule has 2 aliphatic heterocycles. The third-order valence-corrected chi connectivity index (χ3v) is 6.58. The number of furan rings is 1. The van der Waals surface area contributed by atoms with E-state index < -0.39 is 5.97 Å². The molecule has 1 saturated heterocycles. The van der Waals surface area contributed by atoms with Crippen LogP contribution in [0.25, 0.3) is 11.0 Å². The van der Waals surface area contributed by atoms with Gasteiger partial charge < -0.3 is 19.3 Å². The molecule has 1 fully saturated rings. The number of nitrogens with zero attached hydrogens (tertiary/aromatic N) is 3. The smallest absolute Gasteiger partial charge is 0.371 e. The second-order valence-corrected chi connectivity index (χ2v) is 8.57. The first-order valence-electron chi connectivity index (χ1n) is 11.1. The molecule has 1 amide bonds. The van der Waals surface area contributed by atoms with Gasteiger partial charge in [0.25, 0.3) is 0 Å². The number of amides is 1. The van der Waals surface area contributed by atoms with Crippen LogP contribution in [-0.2, 0) is 17.6 Å². The van der Waals surface area contributed by atoms with Gasteiger partial charge in [0, 0.05) is 57.3 Å². The molecule has 1 aromatic heterocycles. The molecular weight excluding hydrogens is 406 g/mol. The Bertz CT molecular complexity index is 1180. The third kappa shape index (κ3) is 3.84. The quantitative estimate of drug-likeness (QED) is 0.665. The van der Waals surface area contributed by atoms with Crippen LogP contribution in [0.4, 0.5) is 11.4 Å². The predicted molar refractivity (Wildman–Crippen MR) is 124 cm³/mol. The SMILES string of the molecule is CC(=O)N1CCc2cc(CCN3CCN(c4cccc5cc(C(=O)O)oc45)CC3)ccc21. The molecule has 2 aromatic carbocycles. The van der Waals surface area contributed by atoms with Gasteiger partial charge in [-0.25, -0.2) is 4.79 Å². The van der Waals surface area contributed by atoms with E-state index >= 15 is 0 Å². The van der Waals surface area contributed by atoms with Crippen LogP contribution >= 0.6 is 0 Å². The number of carbonyl (C=O) groups is 2. The molecule has 1 N–H and O–H groups in total. The Morgan fingerprint density at radius 3 is 2.56 bits per heavy atom. The lowest BCUT2D eigenvalue weighted by Gasteiger charge is -2.36. The molecule has 0 unspecified atom stereocenters. The van der Waals surface area contributed by atoms with Gasteiger partial charge in [-0.3, -0.25) is 9.69 Å². The summed E-state index contributed by atoms with van der Waals surface area (Å²) in [7, 11) is 0. The zero-order valence-corrected chi connectivity index (χ0v) is 18.2.